The molecule has 0 fully saturated rings. The van der Waals surface area contributed by atoms with E-state index < -0.39 is 0 Å². The zero-order chi connectivity index (χ0) is 33.1. The first kappa shape index (κ1) is 28.8. The fourth-order valence-corrected chi connectivity index (χ4v) is 7.83. The van der Waals surface area contributed by atoms with E-state index in [4.69, 9.17) is 6.57 Å². The Kier molecular flexibility index (Phi) is 6.54. The van der Waals surface area contributed by atoms with Crippen molar-refractivity contribution in [1.29, 1.82) is 0 Å². The molecule has 3 nitrogen and oxygen atoms in total. The van der Waals surface area contributed by atoms with Crippen LogP contribution in [0.5, 0.6) is 0 Å². The van der Waals surface area contributed by atoms with Gasteiger partial charge in [0.1, 0.15) is 0 Å². The van der Waals surface area contributed by atoms with E-state index >= 15 is 0 Å². The van der Waals surface area contributed by atoms with E-state index in [0.717, 1.165) is 39.1 Å². The Morgan fingerprint density at radius 1 is 0.510 bits per heavy atom. The lowest BCUT2D eigenvalue weighted by Crippen LogP contribution is -2.30. The Morgan fingerprint density at radius 3 is 1.82 bits per heavy atom. The van der Waals surface area contributed by atoms with E-state index in [9.17, 15) is 0 Å². The number of hydrogen-bond acceptors (Lipinski definition) is 1. The second-order valence-electron chi connectivity index (χ2n) is 13.3. The van der Waals surface area contributed by atoms with Gasteiger partial charge in [0.05, 0.1) is 34.7 Å². The van der Waals surface area contributed by atoms with Gasteiger partial charge in [0.2, 0.25) is 5.69 Å². The van der Waals surface area contributed by atoms with Crippen LogP contribution in [0.25, 0.3) is 54.6 Å². The molecule has 1 aromatic heterocycles. The molecule has 0 bridgehead atoms. The van der Waals surface area contributed by atoms with Gasteiger partial charge in [0.15, 0.2) is 0 Å². The van der Waals surface area contributed by atoms with Crippen molar-refractivity contribution in [2.45, 2.75) is 19.3 Å². The average Bonchev–Trinajstić information content (AvgIpc) is 3.49. The summed E-state index contributed by atoms with van der Waals surface area (Å²) >= 11 is 0. The fraction of sp³-hybridized carbons (Fsp3) is 0.0652. The van der Waals surface area contributed by atoms with Crippen LogP contribution in [0.1, 0.15) is 25.0 Å². The highest BCUT2D eigenvalue weighted by molar-refractivity contribution is 6.10. The highest BCUT2D eigenvalue weighted by Crippen LogP contribution is 2.52. The minimum absolute atomic E-state index is 0.176. The second-order valence-corrected chi connectivity index (χ2v) is 13.3. The quantitative estimate of drug-likeness (QED) is 0.177. The maximum atomic E-state index is 8.14. The van der Waals surface area contributed by atoms with E-state index in [-0.39, 0.29) is 5.41 Å². The van der Waals surface area contributed by atoms with Gasteiger partial charge in [0, 0.05) is 21.9 Å². The van der Waals surface area contributed by atoms with Crippen LogP contribution in [-0.2, 0) is 5.41 Å². The molecule has 0 N–H and O–H groups in total. The summed E-state index contributed by atoms with van der Waals surface area (Å²) in [5, 5.41) is 2.37. The molecule has 1 aliphatic heterocycles. The Hall–Kier alpha value is -6.37. The largest absolute Gasteiger partial charge is 0.318 e. The number of benzene rings is 7. The van der Waals surface area contributed by atoms with Crippen LogP contribution in [0.2, 0.25) is 0 Å². The van der Waals surface area contributed by atoms with Gasteiger partial charge in [-0.2, -0.15) is 0 Å². The third kappa shape index (κ3) is 4.42. The zero-order valence-corrected chi connectivity index (χ0v) is 27.4. The molecule has 7 aromatic carbocycles. The summed E-state index contributed by atoms with van der Waals surface area (Å²) in [6.45, 7) is 12.8. The van der Waals surface area contributed by atoms with Crippen molar-refractivity contribution >= 4 is 44.6 Å². The van der Waals surface area contributed by atoms with Crippen LogP contribution in [0.4, 0.5) is 22.7 Å². The molecule has 3 heteroatoms. The Bertz CT molecular complexity index is 2530. The van der Waals surface area contributed by atoms with Crippen LogP contribution in [0.3, 0.4) is 0 Å². The molecule has 9 rings (SSSR count). The van der Waals surface area contributed by atoms with Gasteiger partial charge in [-0.25, -0.2) is 4.85 Å². The summed E-state index contributed by atoms with van der Waals surface area (Å²) in [6.07, 6.45) is 0. The van der Waals surface area contributed by atoms with E-state index in [1.807, 2.05) is 12.1 Å². The molecular formula is C46H33N3. The van der Waals surface area contributed by atoms with Crippen LogP contribution < -0.4 is 4.90 Å². The molecule has 0 radical (unpaired) electrons. The second kappa shape index (κ2) is 11.1. The molecular weight excluding hydrogens is 595 g/mol. The first-order valence-corrected chi connectivity index (χ1v) is 16.7. The molecule has 1 aliphatic rings. The molecule has 8 aromatic rings. The van der Waals surface area contributed by atoms with Gasteiger partial charge >= 0.3 is 0 Å². The van der Waals surface area contributed by atoms with Crippen molar-refractivity contribution in [3.63, 3.8) is 0 Å². The van der Waals surface area contributed by atoms with Crippen molar-refractivity contribution in [2.24, 2.45) is 0 Å². The predicted octanol–water partition coefficient (Wildman–Crippen LogP) is 12.8. The molecule has 0 saturated heterocycles. The zero-order valence-electron chi connectivity index (χ0n) is 27.4. The van der Waals surface area contributed by atoms with E-state index in [2.05, 4.69) is 180 Å². The topological polar surface area (TPSA) is 12.5 Å². The summed E-state index contributed by atoms with van der Waals surface area (Å²) in [5.74, 6) is 0. The van der Waals surface area contributed by atoms with Crippen molar-refractivity contribution in [3.05, 3.63) is 186 Å². The summed E-state index contributed by atoms with van der Waals surface area (Å²) in [4.78, 5) is 6.41. The third-order valence-corrected chi connectivity index (χ3v) is 10.2. The standard InChI is InChI=1S/C46H33N3/c1-46(2)38-19-9-12-23-43(38)48(34-14-5-4-6-15-34)44-29-28-33(30-39(44)46)31-24-26-32(27-25-31)35-18-13-20-40(47-3)45(35)49-41-21-10-7-16-36(41)37-17-8-11-22-42(37)49/h4-30H,1-2H3. The van der Waals surface area contributed by atoms with Crippen LogP contribution in [0, 0.1) is 6.57 Å². The van der Waals surface area contributed by atoms with Crippen LogP contribution in [-0.4, -0.2) is 4.57 Å². The highest BCUT2D eigenvalue weighted by atomic mass is 15.2. The minimum atomic E-state index is -0.176. The number of nitrogens with zero attached hydrogens (tertiary/aromatic N) is 3. The summed E-state index contributed by atoms with van der Waals surface area (Å²) in [6, 6.07) is 58.2. The maximum Gasteiger partial charge on any atom is 0.211 e. The molecule has 0 spiro atoms. The van der Waals surface area contributed by atoms with Gasteiger partial charge in [-0.3, -0.25) is 0 Å². The van der Waals surface area contributed by atoms with E-state index in [0.29, 0.717) is 5.69 Å². The number of aromatic nitrogens is 1. The Balaban J connectivity index is 1.17. The van der Waals surface area contributed by atoms with Gasteiger partial charge in [-0.1, -0.05) is 135 Å². The minimum Gasteiger partial charge on any atom is -0.318 e. The summed E-state index contributed by atoms with van der Waals surface area (Å²) in [7, 11) is 0. The Morgan fingerprint density at radius 2 is 1.10 bits per heavy atom. The number of hydrogen-bond donors (Lipinski definition) is 0. The first-order valence-electron chi connectivity index (χ1n) is 16.7. The first-order chi connectivity index (χ1) is 24.0. The van der Waals surface area contributed by atoms with Crippen LogP contribution >= 0.6 is 0 Å². The lowest BCUT2D eigenvalue weighted by atomic mass is 9.73. The molecule has 232 valence electrons. The van der Waals surface area contributed by atoms with Gasteiger partial charge in [-0.05, 0) is 75.8 Å². The molecule has 0 unspecified atom stereocenters. The number of anilines is 3. The van der Waals surface area contributed by atoms with Gasteiger partial charge in [0.25, 0.3) is 0 Å². The molecule has 2 heterocycles. The highest BCUT2D eigenvalue weighted by Gasteiger charge is 2.37. The molecule has 49 heavy (non-hydrogen) atoms. The average molecular weight is 628 g/mol. The van der Waals surface area contributed by atoms with Crippen molar-refractivity contribution in [1.82, 2.24) is 4.57 Å². The number of rotatable bonds is 4. The fourth-order valence-electron chi connectivity index (χ4n) is 7.83. The molecule has 0 amide bonds. The van der Waals surface area contributed by atoms with E-state index in [1.54, 1.807) is 0 Å². The van der Waals surface area contributed by atoms with Gasteiger partial charge in [-0.15, -0.1) is 0 Å². The molecule has 0 atom stereocenters. The maximum absolute atomic E-state index is 8.14. The molecule has 0 aliphatic carbocycles. The van der Waals surface area contributed by atoms with Crippen molar-refractivity contribution < 1.29 is 0 Å². The predicted molar refractivity (Wildman–Crippen MR) is 205 cm³/mol. The smallest absolute Gasteiger partial charge is 0.211 e. The lowest BCUT2D eigenvalue weighted by Gasteiger charge is -2.42. The van der Waals surface area contributed by atoms with Crippen molar-refractivity contribution in [3.8, 4) is 27.9 Å². The van der Waals surface area contributed by atoms with Crippen LogP contribution in [0.15, 0.2) is 164 Å². The van der Waals surface area contributed by atoms with Crippen molar-refractivity contribution in [2.75, 3.05) is 4.90 Å². The third-order valence-electron chi connectivity index (χ3n) is 10.2. The number of fused-ring (bicyclic) bond motifs is 5. The van der Waals surface area contributed by atoms with E-state index in [1.165, 1.54) is 38.8 Å². The summed E-state index contributed by atoms with van der Waals surface area (Å²) in [5.41, 5.74) is 14.2. The Labute approximate surface area is 286 Å². The summed E-state index contributed by atoms with van der Waals surface area (Å²) < 4.78 is 2.27. The SMILES string of the molecule is [C-]#[N+]c1cccc(-c2ccc(-c3ccc4c(c3)C(C)(C)c3ccccc3N4c3ccccc3)cc2)c1-n1c2ccccc2c2ccccc21. The molecule has 0 saturated carbocycles. The lowest BCUT2D eigenvalue weighted by molar-refractivity contribution is 0.632. The number of para-hydroxylation sites is 5. The van der Waals surface area contributed by atoms with Gasteiger partial charge < -0.3 is 9.47 Å². The monoisotopic (exact) mass is 627 g/mol. The normalized spacial score (nSPS) is 13.2.